The maximum Gasteiger partial charge on any atom is 0.246 e. The fourth-order valence-electron chi connectivity index (χ4n) is 2.96. The van der Waals surface area contributed by atoms with Crippen LogP contribution in [-0.4, -0.2) is 46.0 Å². The lowest BCUT2D eigenvalue weighted by molar-refractivity contribution is 0.378. The van der Waals surface area contributed by atoms with Crippen molar-refractivity contribution in [3.63, 3.8) is 0 Å². The van der Waals surface area contributed by atoms with E-state index in [0.29, 0.717) is 30.7 Å². The molecular weight excluding hydrogens is 463 g/mol. The number of nitrogens with zero attached hydrogens (tertiary/aromatic N) is 2. The Labute approximate surface area is 171 Å². The Bertz CT molecular complexity index is 893. The van der Waals surface area contributed by atoms with Crippen molar-refractivity contribution in [3.05, 3.63) is 50.9 Å². The molecule has 0 aromatic heterocycles. The van der Waals surface area contributed by atoms with Crippen LogP contribution in [0, 0.1) is 0 Å². The predicted octanol–water partition coefficient (Wildman–Crippen LogP) is 4.28. The minimum Gasteiger partial charge on any atom is -0.495 e. The maximum absolute atomic E-state index is 13.0. The van der Waals surface area contributed by atoms with Gasteiger partial charge in [0.05, 0.1) is 22.8 Å². The zero-order chi connectivity index (χ0) is 18.9. The van der Waals surface area contributed by atoms with E-state index in [1.165, 1.54) is 16.4 Å². The molecule has 140 valence electrons. The lowest BCUT2D eigenvalue weighted by atomic mass is 10.2. The summed E-state index contributed by atoms with van der Waals surface area (Å²) in [5.74, 6) is 0.766. The van der Waals surface area contributed by atoms with Gasteiger partial charge >= 0.3 is 0 Å². The SMILES string of the molecule is COc1ccccc1N1CCN(S(=O)(=O)c2c(Cl)cc(Br)cc2Cl)CC1. The van der Waals surface area contributed by atoms with Gasteiger partial charge in [-0.05, 0) is 24.3 Å². The van der Waals surface area contributed by atoms with Crippen LogP contribution in [0.3, 0.4) is 0 Å². The third-order valence-corrected chi connectivity index (χ3v) is 7.50. The van der Waals surface area contributed by atoms with E-state index in [9.17, 15) is 8.42 Å². The van der Waals surface area contributed by atoms with Gasteiger partial charge in [0.2, 0.25) is 10.0 Å². The zero-order valence-corrected chi connectivity index (χ0v) is 17.9. The van der Waals surface area contributed by atoms with Crippen LogP contribution in [0.2, 0.25) is 10.0 Å². The molecule has 0 saturated carbocycles. The van der Waals surface area contributed by atoms with E-state index < -0.39 is 10.0 Å². The van der Waals surface area contributed by atoms with Crippen molar-refractivity contribution in [1.29, 1.82) is 0 Å². The molecule has 26 heavy (non-hydrogen) atoms. The molecule has 2 aromatic carbocycles. The number of anilines is 1. The van der Waals surface area contributed by atoms with Gasteiger partial charge in [0.25, 0.3) is 0 Å². The fraction of sp³-hybridized carbons (Fsp3) is 0.294. The number of rotatable bonds is 4. The summed E-state index contributed by atoms with van der Waals surface area (Å²) in [5.41, 5.74) is 0.951. The van der Waals surface area contributed by atoms with Crippen LogP contribution in [0.25, 0.3) is 0 Å². The summed E-state index contributed by atoms with van der Waals surface area (Å²) in [7, 11) is -2.15. The molecule has 1 aliphatic heterocycles. The second-order valence-corrected chi connectivity index (χ2v) is 9.37. The highest BCUT2D eigenvalue weighted by molar-refractivity contribution is 9.10. The normalized spacial score (nSPS) is 15.9. The summed E-state index contributed by atoms with van der Waals surface area (Å²) in [6, 6.07) is 10.8. The topological polar surface area (TPSA) is 49.9 Å². The Morgan fingerprint density at radius 2 is 1.62 bits per heavy atom. The highest BCUT2D eigenvalue weighted by Crippen LogP contribution is 2.35. The number of hydrogen-bond acceptors (Lipinski definition) is 4. The molecule has 2 aromatic rings. The van der Waals surface area contributed by atoms with Crippen molar-refractivity contribution < 1.29 is 13.2 Å². The number of methoxy groups -OCH3 is 1. The predicted molar refractivity (Wildman–Crippen MR) is 108 cm³/mol. The molecule has 0 bridgehead atoms. The molecule has 1 aliphatic rings. The van der Waals surface area contributed by atoms with Gasteiger partial charge in [-0.25, -0.2) is 8.42 Å². The van der Waals surface area contributed by atoms with Crippen LogP contribution in [0.15, 0.2) is 45.8 Å². The molecule has 0 aliphatic carbocycles. The summed E-state index contributed by atoms with van der Waals surface area (Å²) >= 11 is 15.6. The number of benzene rings is 2. The van der Waals surface area contributed by atoms with Crippen molar-refractivity contribution >= 4 is 54.8 Å². The number of ether oxygens (including phenoxy) is 1. The van der Waals surface area contributed by atoms with Gasteiger partial charge in [-0.15, -0.1) is 0 Å². The lowest BCUT2D eigenvalue weighted by Gasteiger charge is -2.36. The Morgan fingerprint density at radius 1 is 1.04 bits per heavy atom. The summed E-state index contributed by atoms with van der Waals surface area (Å²) in [4.78, 5) is 2.06. The van der Waals surface area contributed by atoms with Crippen LogP contribution in [-0.2, 0) is 10.0 Å². The largest absolute Gasteiger partial charge is 0.495 e. The highest BCUT2D eigenvalue weighted by atomic mass is 79.9. The molecule has 9 heteroatoms. The minimum absolute atomic E-state index is 0.0465. The average molecular weight is 480 g/mol. The fourth-order valence-corrected chi connectivity index (χ4v) is 6.27. The molecule has 0 unspecified atom stereocenters. The molecule has 1 heterocycles. The second-order valence-electron chi connectivity index (χ2n) is 5.76. The summed E-state index contributed by atoms with van der Waals surface area (Å²) in [5, 5.41) is 0.216. The van der Waals surface area contributed by atoms with Gasteiger partial charge in [-0.1, -0.05) is 51.3 Å². The molecule has 1 fully saturated rings. The van der Waals surface area contributed by atoms with Crippen molar-refractivity contribution in [2.75, 3.05) is 38.2 Å². The first kappa shape index (κ1) is 19.8. The number of halogens is 3. The number of para-hydroxylation sites is 2. The molecular formula is C17H17BrCl2N2O3S. The van der Waals surface area contributed by atoms with Gasteiger partial charge in [0, 0.05) is 30.7 Å². The molecule has 5 nitrogen and oxygen atoms in total. The van der Waals surface area contributed by atoms with E-state index in [4.69, 9.17) is 27.9 Å². The summed E-state index contributed by atoms with van der Waals surface area (Å²) in [6.45, 7) is 1.77. The summed E-state index contributed by atoms with van der Waals surface area (Å²) in [6.07, 6.45) is 0. The van der Waals surface area contributed by atoms with Crippen LogP contribution in [0.1, 0.15) is 0 Å². The van der Waals surface area contributed by atoms with Gasteiger partial charge in [-0.3, -0.25) is 0 Å². The van der Waals surface area contributed by atoms with E-state index in [0.717, 1.165) is 11.4 Å². The Kier molecular flexibility index (Phi) is 6.04. The molecule has 0 atom stereocenters. The van der Waals surface area contributed by atoms with Gasteiger partial charge < -0.3 is 9.64 Å². The quantitative estimate of drug-likeness (QED) is 0.656. The van der Waals surface area contributed by atoms with Crippen molar-refractivity contribution in [1.82, 2.24) is 4.31 Å². The van der Waals surface area contributed by atoms with Crippen LogP contribution in [0.5, 0.6) is 5.75 Å². The molecule has 0 N–H and O–H groups in total. The molecule has 1 saturated heterocycles. The highest BCUT2D eigenvalue weighted by Gasteiger charge is 2.32. The maximum atomic E-state index is 13.0. The number of piperazine rings is 1. The molecule has 0 spiro atoms. The smallest absolute Gasteiger partial charge is 0.246 e. The zero-order valence-electron chi connectivity index (χ0n) is 14.0. The van der Waals surface area contributed by atoms with E-state index in [1.807, 2.05) is 24.3 Å². The van der Waals surface area contributed by atoms with E-state index in [-0.39, 0.29) is 14.9 Å². The van der Waals surface area contributed by atoms with E-state index in [2.05, 4.69) is 20.8 Å². The van der Waals surface area contributed by atoms with Gasteiger partial charge in [-0.2, -0.15) is 4.31 Å². The van der Waals surface area contributed by atoms with E-state index in [1.54, 1.807) is 7.11 Å². The van der Waals surface area contributed by atoms with Crippen LogP contribution < -0.4 is 9.64 Å². The standard InChI is InChI=1S/C17H17BrCl2N2O3S/c1-25-16-5-3-2-4-15(16)21-6-8-22(9-7-21)26(23,24)17-13(19)10-12(18)11-14(17)20/h2-5,10-11H,6-9H2,1H3. The third-order valence-electron chi connectivity index (χ3n) is 4.23. The average Bonchev–Trinajstić information content (AvgIpc) is 2.60. The Hall–Kier alpha value is -0.990. The van der Waals surface area contributed by atoms with Crippen LogP contribution >= 0.6 is 39.1 Å². The molecule has 0 radical (unpaired) electrons. The van der Waals surface area contributed by atoms with E-state index >= 15 is 0 Å². The number of sulfonamides is 1. The first-order valence-corrected chi connectivity index (χ1v) is 10.9. The van der Waals surface area contributed by atoms with Crippen molar-refractivity contribution in [3.8, 4) is 5.75 Å². The first-order chi connectivity index (χ1) is 12.3. The second kappa shape index (κ2) is 7.94. The third kappa shape index (κ3) is 3.82. The van der Waals surface area contributed by atoms with Crippen molar-refractivity contribution in [2.45, 2.75) is 4.90 Å². The van der Waals surface area contributed by atoms with Crippen molar-refractivity contribution in [2.24, 2.45) is 0 Å². The van der Waals surface area contributed by atoms with Crippen LogP contribution in [0.4, 0.5) is 5.69 Å². The first-order valence-electron chi connectivity index (χ1n) is 7.87. The van der Waals surface area contributed by atoms with Gasteiger partial charge in [0.1, 0.15) is 10.6 Å². The molecule has 0 amide bonds. The lowest BCUT2D eigenvalue weighted by Crippen LogP contribution is -2.48. The monoisotopic (exact) mass is 478 g/mol. The van der Waals surface area contributed by atoms with Gasteiger partial charge in [0.15, 0.2) is 0 Å². The number of hydrogen-bond donors (Lipinski definition) is 0. The minimum atomic E-state index is -3.77. The molecule has 3 rings (SSSR count). The summed E-state index contributed by atoms with van der Waals surface area (Å²) < 4.78 is 33.5. The Balaban J connectivity index is 1.82. The Morgan fingerprint density at radius 3 is 2.19 bits per heavy atom.